The summed E-state index contributed by atoms with van der Waals surface area (Å²) >= 11 is 0. The predicted octanol–water partition coefficient (Wildman–Crippen LogP) is 4.06. The first-order valence-corrected chi connectivity index (χ1v) is 7.80. The smallest absolute Gasteiger partial charge is 0.305 e. The molecule has 1 N–H and O–H groups in total. The zero-order valence-electron chi connectivity index (χ0n) is 13.2. The van der Waals surface area contributed by atoms with Gasteiger partial charge in [0.2, 0.25) is 0 Å². The van der Waals surface area contributed by atoms with E-state index in [1.165, 1.54) is 12.1 Å². The largest absolute Gasteiger partial charge is 0.319 e. The molecule has 0 saturated heterocycles. The van der Waals surface area contributed by atoms with Crippen LogP contribution in [0.3, 0.4) is 0 Å². The zero-order chi connectivity index (χ0) is 16.6. The number of aryl methyl sites for hydroxylation is 2. The maximum atomic E-state index is 13.1. The predicted molar refractivity (Wildman–Crippen MR) is 82.8 cm³/mol. The Morgan fingerprint density at radius 2 is 2.00 bits per heavy atom. The van der Waals surface area contributed by atoms with Gasteiger partial charge >= 0.3 is 6.55 Å². The fourth-order valence-electron chi connectivity index (χ4n) is 3.20. The summed E-state index contributed by atoms with van der Waals surface area (Å²) in [6.07, 6.45) is 6.03. The van der Waals surface area contributed by atoms with Gasteiger partial charge in [-0.25, -0.2) is 4.68 Å². The molecule has 0 unspecified atom stereocenters. The third-order valence-corrected chi connectivity index (χ3v) is 4.43. The second-order valence-corrected chi connectivity index (χ2v) is 6.02. The molecule has 3 rings (SSSR count). The van der Waals surface area contributed by atoms with Crippen LogP contribution in [0.2, 0.25) is 0 Å². The number of alkyl halides is 2. The Hall–Kier alpha value is -2.18. The van der Waals surface area contributed by atoms with E-state index < -0.39 is 12.5 Å². The Bertz CT molecular complexity index is 714. The summed E-state index contributed by atoms with van der Waals surface area (Å²) in [6.45, 7) is 0.661. The molecule has 2 aromatic rings. The Kier molecular flexibility index (Phi) is 4.19. The first-order chi connectivity index (χ1) is 11.0. The van der Waals surface area contributed by atoms with Crippen LogP contribution in [0.15, 0.2) is 18.3 Å². The third-order valence-electron chi connectivity index (χ3n) is 4.43. The maximum absolute atomic E-state index is 13.1. The second-order valence-electron chi connectivity index (χ2n) is 6.02. The van der Waals surface area contributed by atoms with Gasteiger partial charge in [-0.05, 0) is 38.8 Å². The number of nitrogens with zero attached hydrogens (tertiary/aromatic N) is 3. The Morgan fingerprint density at radius 3 is 2.65 bits per heavy atom. The van der Waals surface area contributed by atoms with E-state index in [4.69, 9.17) is 0 Å². The lowest BCUT2D eigenvalue weighted by atomic mass is 10.2. The van der Waals surface area contributed by atoms with Gasteiger partial charge in [0.15, 0.2) is 0 Å². The molecule has 5 nitrogen and oxygen atoms in total. The molecule has 1 amide bonds. The molecule has 1 saturated carbocycles. The summed E-state index contributed by atoms with van der Waals surface area (Å²) < 4.78 is 28.8. The molecule has 2 heterocycles. The van der Waals surface area contributed by atoms with Gasteiger partial charge in [0, 0.05) is 11.3 Å². The van der Waals surface area contributed by atoms with E-state index in [0.29, 0.717) is 11.5 Å². The fraction of sp³-hybridized carbons (Fsp3) is 0.500. The summed E-state index contributed by atoms with van der Waals surface area (Å²) in [5, 5.41) is 7.12. The Morgan fingerprint density at radius 1 is 1.30 bits per heavy atom. The van der Waals surface area contributed by atoms with E-state index in [0.717, 1.165) is 35.8 Å². The van der Waals surface area contributed by atoms with Crippen LogP contribution in [0.4, 0.5) is 14.6 Å². The molecule has 0 radical (unpaired) electrons. The first kappa shape index (κ1) is 15.7. The lowest BCUT2D eigenvalue weighted by Gasteiger charge is -2.16. The van der Waals surface area contributed by atoms with Gasteiger partial charge < -0.3 is 5.32 Å². The van der Waals surface area contributed by atoms with Crippen LogP contribution >= 0.6 is 0 Å². The normalized spacial score (nSPS) is 15.5. The van der Waals surface area contributed by atoms with Crippen molar-refractivity contribution in [1.82, 2.24) is 14.3 Å². The number of anilines is 1. The molecule has 0 spiro atoms. The molecule has 0 aliphatic heterocycles. The lowest BCUT2D eigenvalue weighted by Crippen LogP contribution is -2.21. The van der Waals surface area contributed by atoms with Crippen LogP contribution < -0.4 is 5.32 Å². The first-order valence-electron chi connectivity index (χ1n) is 7.80. The van der Waals surface area contributed by atoms with Crippen molar-refractivity contribution in [2.24, 2.45) is 0 Å². The average Bonchev–Trinajstić information content (AvgIpc) is 3.20. The van der Waals surface area contributed by atoms with Crippen molar-refractivity contribution in [2.45, 2.75) is 52.1 Å². The maximum Gasteiger partial charge on any atom is 0.319 e. The molecule has 124 valence electrons. The van der Waals surface area contributed by atoms with Gasteiger partial charge in [-0.15, -0.1) is 0 Å². The van der Waals surface area contributed by atoms with Crippen molar-refractivity contribution in [1.29, 1.82) is 0 Å². The van der Waals surface area contributed by atoms with E-state index in [9.17, 15) is 13.6 Å². The van der Waals surface area contributed by atoms with Crippen LogP contribution in [-0.2, 0) is 0 Å². The molecule has 1 aliphatic carbocycles. The molecular formula is C16H20F2N4O. The summed E-state index contributed by atoms with van der Waals surface area (Å²) in [4.78, 5) is 12.5. The van der Waals surface area contributed by atoms with Crippen LogP contribution in [-0.4, -0.2) is 20.3 Å². The third kappa shape index (κ3) is 2.87. The van der Waals surface area contributed by atoms with Gasteiger partial charge in [-0.1, -0.05) is 12.8 Å². The quantitative estimate of drug-likeness (QED) is 0.922. The van der Waals surface area contributed by atoms with Gasteiger partial charge in [0.1, 0.15) is 11.5 Å². The van der Waals surface area contributed by atoms with Crippen LogP contribution in [0.5, 0.6) is 0 Å². The highest BCUT2D eigenvalue weighted by Crippen LogP contribution is 2.32. The van der Waals surface area contributed by atoms with Gasteiger partial charge in [0.05, 0.1) is 12.2 Å². The number of aromatic nitrogens is 3. The number of hydrogen-bond acceptors (Lipinski definition) is 2. The topological polar surface area (TPSA) is 51.9 Å². The second kappa shape index (κ2) is 6.14. The summed E-state index contributed by atoms with van der Waals surface area (Å²) in [6, 6.07) is 3.20. The highest BCUT2D eigenvalue weighted by molar-refractivity contribution is 6.03. The Balaban J connectivity index is 1.88. The minimum absolute atomic E-state index is 0.0453. The van der Waals surface area contributed by atoms with Crippen molar-refractivity contribution >= 4 is 11.7 Å². The lowest BCUT2D eigenvalue weighted by molar-refractivity contribution is 0.0632. The molecule has 1 aliphatic rings. The van der Waals surface area contributed by atoms with E-state index in [1.807, 2.05) is 11.6 Å². The monoisotopic (exact) mass is 322 g/mol. The average molecular weight is 322 g/mol. The fourth-order valence-corrected chi connectivity index (χ4v) is 3.20. The SMILES string of the molecule is Cc1cnn(C2CCCC2)c1NC(=O)c1ccc(C)n1C(F)F. The number of carbonyl (C=O) groups excluding carboxylic acids is 1. The van der Waals surface area contributed by atoms with E-state index in [1.54, 1.807) is 13.1 Å². The minimum Gasteiger partial charge on any atom is -0.305 e. The Labute approximate surface area is 133 Å². The van der Waals surface area contributed by atoms with Gasteiger partial charge in [0.25, 0.3) is 5.91 Å². The van der Waals surface area contributed by atoms with Crippen LogP contribution in [0.1, 0.15) is 60.0 Å². The molecule has 1 fully saturated rings. The molecular weight excluding hydrogens is 302 g/mol. The van der Waals surface area contributed by atoms with Crippen molar-refractivity contribution in [3.05, 3.63) is 35.3 Å². The minimum atomic E-state index is -2.74. The number of nitrogens with one attached hydrogen (secondary N) is 1. The van der Waals surface area contributed by atoms with Crippen molar-refractivity contribution in [3.8, 4) is 0 Å². The van der Waals surface area contributed by atoms with E-state index >= 15 is 0 Å². The van der Waals surface area contributed by atoms with E-state index in [2.05, 4.69) is 10.4 Å². The van der Waals surface area contributed by atoms with Crippen LogP contribution in [0, 0.1) is 13.8 Å². The molecule has 0 aromatic carbocycles. The van der Waals surface area contributed by atoms with Crippen LogP contribution in [0.25, 0.3) is 0 Å². The van der Waals surface area contributed by atoms with Crippen molar-refractivity contribution in [2.75, 3.05) is 5.32 Å². The standard InChI is InChI=1S/C16H20F2N4O/c1-10-9-19-22(12-5-3-4-6-12)14(10)20-15(23)13-8-7-11(2)21(13)16(17)18/h7-9,12,16H,3-6H2,1-2H3,(H,20,23). The number of amides is 1. The number of halogens is 2. The highest BCUT2D eigenvalue weighted by Gasteiger charge is 2.24. The molecule has 0 atom stereocenters. The summed E-state index contributed by atoms with van der Waals surface area (Å²) in [7, 11) is 0. The number of rotatable bonds is 4. The van der Waals surface area contributed by atoms with Gasteiger partial charge in [-0.3, -0.25) is 9.36 Å². The summed E-state index contributed by atoms with van der Waals surface area (Å²) in [5.74, 6) is 0.0582. The van der Waals surface area contributed by atoms with E-state index in [-0.39, 0.29) is 11.7 Å². The summed E-state index contributed by atoms with van der Waals surface area (Å²) in [5.41, 5.74) is 1.14. The van der Waals surface area contributed by atoms with Crippen molar-refractivity contribution < 1.29 is 13.6 Å². The molecule has 7 heteroatoms. The molecule has 2 aromatic heterocycles. The van der Waals surface area contributed by atoms with Gasteiger partial charge in [-0.2, -0.15) is 13.9 Å². The number of hydrogen-bond donors (Lipinski definition) is 1. The van der Waals surface area contributed by atoms with Crippen molar-refractivity contribution in [3.63, 3.8) is 0 Å². The zero-order valence-corrected chi connectivity index (χ0v) is 13.2. The highest BCUT2D eigenvalue weighted by atomic mass is 19.3. The molecule has 0 bridgehead atoms. The number of carbonyl (C=O) groups is 1. The molecule has 23 heavy (non-hydrogen) atoms.